The van der Waals surface area contributed by atoms with Gasteiger partial charge in [0, 0.05) is 38.3 Å². The third-order valence-corrected chi connectivity index (χ3v) is 8.53. The van der Waals surface area contributed by atoms with Crippen LogP contribution >= 0.6 is 34.8 Å². The van der Waals surface area contributed by atoms with E-state index in [9.17, 15) is 10.2 Å². The van der Waals surface area contributed by atoms with Crippen LogP contribution in [0.15, 0.2) is 12.7 Å². The molecule has 4 aliphatic rings. The average Bonchev–Trinajstić information content (AvgIpc) is 2.98. The Kier molecular flexibility index (Phi) is 15.3. The van der Waals surface area contributed by atoms with Gasteiger partial charge in [-0.15, -0.1) is 0 Å². The fourth-order valence-corrected chi connectivity index (χ4v) is 6.32. The fourth-order valence-electron chi connectivity index (χ4n) is 5.91. The number of aliphatic hydroxyl groups is 2. The van der Waals surface area contributed by atoms with Crippen molar-refractivity contribution in [1.82, 2.24) is 45.0 Å². The standard InChI is InChI=1S/C13H20ClN5O.C10H20N2O.C3HCl2N3.CH4/c14-12-15-9-16-13(17-12)18-6-3-10(4-7-18)19-5-1-2-11(20)8-19;13-10-2-1-7-12(8-10)9-3-5-11-6-4-9;4-2-6-1-7-3(5)8-2;/h9-11,20H,1-8H2;9-11,13H,1-8H2;1H;1H4. The van der Waals surface area contributed by atoms with Gasteiger partial charge in [0.15, 0.2) is 0 Å². The molecule has 4 fully saturated rings. The van der Waals surface area contributed by atoms with Crippen LogP contribution in [-0.2, 0) is 0 Å². The van der Waals surface area contributed by atoms with Gasteiger partial charge >= 0.3 is 0 Å². The van der Waals surface area contributed by atoms with Crippen molar-refractivity contribution >= 4 is 40.8 Å². The number of anilines is 1. The summed E-state index contributed by atoms with van der Waals surface area (Å²) in [5, 5.41) is 23.2. The lowest BCUT2D eigenvalue weighted by Crippen LogP contribution is -2.49. The topological polar surface area (TPSA) is 140 Å². The minimum atomic E-state index is -0.149. The van der Waals surface area contributed by atoms with Gasteiger partial charge in [0.25, 0.3) is 0 Å². The van der Waals surface area contributed by atoms with E-state index in [1.54, 1.807) is 0 Å². The molecule has 2 aromatic rings. The Morgan fingerprint density at radius 3 is 1.57 bits per heavy atom. The molecule has 0 radical (unpaired) electrons. The lowest BCUT2D eigenvalue weighted by atomic mass is 9.99. The predicted molar refractivity (Wildman–Crippen MR) is 166 cm³/mol. The number of aliphatic hydroxyl groups excluding tert-OH is 2. The molecule has 0 spiro atoms. The first-order valence-corrected chi connectivity index (χ1v) is 15.6. The third-order valence-electron chi connectivity index (χ3n) is 7.99. The van der Waals surface area contributed by atoms with E-state index in [-0.39, 0.29) is 35.5 Å². The Morgan fingerprint density at radius 1 is 0.643 bits per heavy atom. The maximum absolute atomic E-state index is 9.78. The number of rotatable bonds is 3. The molecule has 0 aromatic carbocycles. The third kappa shape index (κ3) is 11.5. The van der Waals surface area contributed by atoms with Crippen molar-refractivity contribution < 1.29 is 10.2 Å². The summed E-state index contributed by atoms with van der Waals surface area (Å²) in [4.78, 5) is 29.7. The molecular weight excluding hydrogens is 603 g/mol. The van der Waals surface area contributed by atoms with E-state index in [1.807, 2.05) is 0 Å². The summed E-state index contributed by atoms with van der Waals surface area (Å²) in [6.07, 6.45) is 11.4. The number of halogens is 3. The number of hydrogen-bond donors (Lipinski definition) is 3. The average molecular weight is 648 g/mol. The number of hydrogen-bond acceptors (Lipinski definition) is 12. The van der Waals surface area contributed by atoms with Gasteiger partial charge in [-0.2, -0.15) is 9.97 Å². The van der Waals surface area contributed by atoms with E-state index in [0.717, 1.165) is 84.0 Å². The van der Waals surface area contributed by atoms with Crippen molar-refractivity contribution in [1.29, 1.82) is 0 Å². The molecule has 15 heteroatoms. The minimum Gasteiger partial charge on any atom is -0.392 e. The first-order valence-electron chi connectivity index (χ1n) is 14.5. The molecule has 4 aliphatic heterocycles. The van der Waals surface area contributed by atoms with Crippen LogP contribution in [0, 0.1) is 0 Å². The lowest BCUT2D eigenvalue weighted by molar-refractivity contribution is 0.0381. The lowest BCUT2D eigenvalue weighted by Gasteiger charge is -2.41. The Labute approximate surface area is 264 Å². The van der Waals surface area contributed by atoms with Crippen LogP contribution in [-0.4, -0.2) is 127 Å². The van der Waals surface area contributed by atoms with Gasteiger partial charge in [-0.25, -0.2) is 19.9 Å². The van der Waals surface area contributed by atoms with Crippen LogP contribution in [0.4, 0.5) is 5.95 Å². The van der Waals surface area contributed by atoms with Crippen molar-refractivity contribution in [2.45, 2.75) is 83.1 Å². The van der Waals surface area contributed by atoms with Crippen molar-refractivity contribution in [2.24, 2.45) is 0 Å². The first-order chi connectivity index (χ1) is 19.9. The summed E-state index contributed by atoms with van der Waals surface area (Å²) in [6.45, 7) is 8.19. The van der Waals surface area contributed by atoms with Crippen molar-refractivity contribution in [3.63, 3.8) is 0 Å². The number of β-amino-alcohol motifs (C(OH)–C–C–N with tert-alkyl or cyclic N) is 2. The molecule has 0 bridgehead atoms. The number of nitrogens with zero attached hydrogens (tertiary/aromatic N) is 9. The van der Waals surface area contributed by atoms with E-state index < -0.39 is 0 Å². The molecule has 2 unspecified atom stereocenters. The molecule has 6 rings (SSSR count). The second-order valence-electron chi connectivity index (χ2n) is 10.9. The minimum absolute atomic E-state index is 0. The maximum atomic E-state index is 9.78. The van der Waals surface area contributed by atoms with Crippen molar-refractivity contribution in [3.8, 4) is 0 Å². The second-order valence-corrected chi connectivity index (χ2v) is 11.9. The Hall–Kier alpha value is -1.51. The van der Waals surface area contributed by atoms with Crippen LogP contribution in [0.5, 0.6) is 0 Å². The number of aromatic nitrogens is 6. The molecule has 0 aliphatic carbocycles. The van der Waals surface area contributed by atoms with Crippen LogP contribution in [0.2, 0.25) is 15.9 Å². The number of likely N-dealkylation sites (tertiary alicyclic amines) is 2. The smallest absolute Gasteiger partial charge is 0.229 e. The van der Waals surface area contributed by atoms with E-state index in [1.165, 1.54) is 38.5 Å². The highest BCUT2D eigenvalue weighted by Crippen LogP contribution is 2.23. The molecule has 2 aromatic heterocycles. The van der Waals surface area contributed by atoms with E-state index >= 15 is 0 Å². The molecule has 0 amide bonds. The zero-order chi connectivity index (χ0) is 29.0. The van der Waals surface area contributed by atoms with Gasteiger partial charge in [0.1, 0.15) is 12.7 Å². The molecule has 2 atom stereocenters. The van der Waals surface area contributed by atoms with Crippen LogP contribution < -0.4 is 10.2 Å². The van der Waals surface area contributed by atoms with E-state index in [2.05, 4.69) is 49.9 Å². The summed E-state index contributed by atoms with van der Waals surface area (Å²) in [5.41, 5.74) is 0. The summed E-state index contributed by atoms with van der Waals surface area (Å²) in [6, 6.07) is 1.30. The molecular formula is C27H45Cl3N10O2. The molecule has 42 heavy (non-hydrogen) atoms. The molecule has 236 valence electrons. The largest absolute Gasteiger partial charge is 0.392 e. The fraction of sp³-hybridized carbons (Fsp3) is 0.778. The summed E-state index contributed by atoms with van der Waals surface area (Å²) >= 11 is 16.4. The zero-order valence-corrected chi connectivity index (χ0v) is 25.6. The SMILES string of the molecule is C.Clc1ncnc(Cl)n1.OC1CCCN(C2CCN(c3ncnc(Cl)n3)CC2)C1.OC1CCCN(C2CCNCC2)C1. The Morgan fingerprint density at radius 2 is 1.12 bits per heavy atom. The highest BCUT2D eigenvalue weighted by atomic mass is 35.5. The summed E-state index contributed by atoms with van der Waals surface area (Å²) in [5.74, 6) is 0.669. The molecule has 12 nitrogen and oxygen atoms in total. The first kappa shape index (κ1) is 35.0. The Bertz CT molecular complexity index is 1030. The van der Waals surface area contributed by atoms with Gasteiger partial charge in [-0.3, -0.25) is 9.80 Å². The zero-order valence-electron chi connectivity index (χ0n) is 23.3. The van der Waals surface area contributed by atoms with Gasteiger partial charge in [-0.05, 0) is 112 Å². The van der Waals surface area contributed by atoms with Crippen LogP contribution in [0.3, 0.4) is 0 Å². The number of piperidine rings is 4. The molecule has 4 saturated heterocycles. The Balaban J connectivity index is 0.000000189. The monoisotopic (exact) mass is 646 g/mol. The maximum Gasteiger partial charge on any atom is 0.229 e. The molecule has 0 saturated carbocycles. The summed E-state index contributed by atoms with van der Waals surface area (Å²) in [7, 11) is 0. The number of nitrogens with one attached hydrogen (secondary N) is 1. The second kappa shape index (κ2) is 18.3. The molecule has 3 N–H and O–H groups in total. The van der Waals surface area contributed by atoms with Gasteiger partial charge in [-0.1, -0.05) is 7.43 Å². The van der Waals surface area contributed by atoms with Gasteiger partial charge in [0.05, 0.1) is 12.2 Å². The normalized spacial score (nSPS) is 24.5. The van der Waals surface area contributed by atoms with Gasteiger partial charge in [0.2, 0.25) is 21.8 Å². The van der Waals surface area contributed by atoms with E-state index in [0.29, 0.717) is 12.0 Å². The summed E-state index contributed by atoms with van der Waals surface area (Å²) < 4.78 is 0. The van der Waals surface area contributed by atoms with Crippen molar-refractivity contribution in [2.75, 3.05) is 57.3 Å². The highest BCUT2D eigenvalue weighted by molar-refractivity contribution is 6.30. The van der Waals surface area contributed by atoms with Crippen LogP contribution in [0.25, 0.3) is 0 Å². The highest BCUT2D eigenvalue weighted by Gasteiger charge is 2.29. The quantitative estimate of drug-likeness (QED) is 0.451. The molecule has 6 heterocycles. The van der Waals surface area contributed by atoms with Crippen LogP contribution in [0.1, 0.15) is 58.8 Å². The predicted octanol–water partition coefficient (Wildman–Crippen LogP) is 2.96. The van der Waals surface area contributed by atoms with E-state index in [4.69, 9.17) is 34.8 Å². The van der Waals surface area contributed by atoms with Gasteiger partial charge < -0.3 is 20.4 Å². The van der Waals surface area contributed by atoms with Crippen molar-refractivity contribution in [3.05, 3.63) is 28.5 Å².